The summed E-state index contributed by atoms with van der Waals surface area (Å²) in [5, 5.41) is 6.75. The fraction of sp³-hybridized carbons (Fsp3) is 0.211. The van der Waals surface area contributed by atoms with Crippen molar-refractivity contribution in [1.82, 2.24) is 10.3 Å². The first-order valence-corrected chi connectivity index (χ1v) is 10.1. The minimum atomic E-state index is -3.41. The monoisotopic (exact) mass is 369 g/mol. The molecule has 26 heavy (non-hydrogen) atoms. The highest BCUT2D eigenvalue weighted by atomic mass is 32.2. The summed E-state index contributed by atoms with van der Waals surface area (Å²) in [4.78, 5) is 15.5. The second-order valence-corrected chi connectivity index (χ2v) is 8.47. The van der Waals surface area contributed by atoms with Gasteiger partial charge in [-0.15, -0.1) is 0 Å². The molecule has 7 heteroatoms. The van der Waals surface area contributed by atoms with Crippen molar-refractivity contribution in [3.05, 3.63) is 60.3 Å². The molecular formula is C19H19N3O3S. The Balaban J connectivity index is 1.49. The molecule has 1 aromatic heterocycles. The lowest BCUT2D eigenvalue weighted by Gasteiger charge is -2.08. The Bertz CT molecular complexity index is 1050. The van der Waals surface area contributed by atoms with Gasteiger partial charge in [0.2, 0.25) is 0 Å². The topological polar surface area (TPSA) is 91.1 Å². The Morgan fingerprint density at radius 2 is 1.85 bits per heavy atom. The number of aromatic nitrogens is 1. The summed E-state index contributed by atoms with van der Waals surface area (Å²) in [6, 6.07) is 15.9. The SMILES string of the molecule is O=C(NC1CC1)c1cc2cc(NCS(=O)(=O)c3ccccc3)ccc2[nH]1. The lowest BCUT2D eigenvalue weighted by Crippen LogP contribution is -2.25. The maximum atomic E-state index is 12.3. The van der Waals surface area contributed by atoms with Gasteiger partial charge in [0, 0.05) is 22.6 Å². The van der Waals surface area contributed by atoms with Crippen molar-refractivity contribution in [2.24, 2.45) is 0 Å². The van der Waals surface area contributed by atoms with Gasteiger partial charge in [0.25, 0.3) is 5.91 Å². The molecule has 2 aromatic carbocycles. The van der Waals surface area contributed by atoms with Crippen molar-refractivity contribution in [3.8, 4) is 0 Å². The van der Waals surface area contributed by atoms with Crippen molar-refractivity contribution in [2.75, 3.05) is 11.2 Å². The van der Waals surface area contributed by atoms with Crippen LogP contribution in [-0.4, -0.2) is 31.2 Å². The van der Waals surface area contributed by atoms with Gasteiger partial charge in [-0.25, -0.2) is 8.42 Å². The molecule has 0 aliphatic heterocycles. The summed E-state index contributed by atoms with van der Waals surface area (Å²) < 4.78 is 24.7. The number of sulfone groups is 1. The first-order valence-electron chi connectivity index (χ1n) is 8.47. The smallest absolute Gasteiger partial charge is 0.267 e. The van der Waals surface area contributed by atoms with Gasteiger partial charge in [0.05, 0.1) is 4.90 Å². The first-order chi connectivity index (χ1) is 12.5. The van der Waals surface area contributed by atoms with Crippen LogP contribution < -0.4 is 10.6 Å². The lowest BCUT2D eigenvalue weighted by atomic mass is 10.2. The molecule has 1 fully saturated rings. The second kappa shape index (κ2) is 6.49. The maximum Gasteiger partial charge on any atom is 0.267 e. The minimum absolute atomic E-state index is 0.107. The molecule has 0 atom stereocenters. The quantitative estimate of drug-likeness (QED) is 0.623. The molecule has 0 saturated heterocycles. The van der Waals surface area contributed by atoms with E-state index >= 15 is 0 Å². The molecule has 1 aliphatic carbocycles. The number of amides is 1. The van der Waals surface area contributed by atoms with E-state index in [9.17, 15) is 13.2 Å². The van der Waals surface area contributed by atoms with Crippen LogP contribution >= 0.6 is 0 Å². The van der Waals surface area contributed by atoms with Crippen molar-refractivity contribution in [1.29, 1.82) is 0 Å². The number of nitrogens with one attached hydrogen (secondary N) is 3. The van der Waals surface area contributed by atoms with Crippen LogP contribution in [0.4, 0.5) is 5.69 Å². The van der Waals surface area contributed by atoms with E-state index in [4.69, 9.17) is 0 Å². The highest BCUT2D eigenvalue weighted by Gasteiger charge is 2.24. The zero-order valence-corrected chi connectivity index (χ0v) is 14.8. The van der Waals surface area contributed by atoms with Crippen LogP contribution in [0.25, 0.3) is 10.9 Å². The number of benzene rings is 2. The average Bonchev–Trinajstić information content (AvgIpc) is 3.35. The third kappa shape index (κ3) is 3.57. The van der Waals surface area contributed by atoms with Crippen LogP contribution in [0.2, 0.25) is 0 Å². The Hall–Kier alpha value is -2.80. The molecule has 0 unspecified atom stereocenters. The molecule has 3 aromatic rings. The number of fused-ring (bicyclic) bond motifs is 1. The number of carbonyl (C=O) groups is 1. The van der Waals surface area contributed by atoms with Crippen molar-refractivity contribution in [2.45, 2.75) is 23.8 Å². The van der Waals surface area contributed by atoms with Crippen LogP contribution in [-0.2, 0) is 9.84 Å². The highest BCUT2D eigenvalue weighted by molar-refractivity contribution is 7.91. The van der Waals surface area contributed by atoms with E-state index in [0.717, 1.165) is 23.7 Å². The zero-order chi connectivity index (χ0) is 18.1. The molecule has 1 heterocycles. The minimum Gasteiger partial charge on any atom is -0.371 e. The van der Waals surface area contributed by atoms with Crippen molar-refractivity contribution in [3.63, 3.8) is 0 Å². The van der Waals surface area contributed by atoms with Gasteiger partial charge in [0.1, 0.15) is 11.6 Å². The van der Waals surface area contributed by atoms with E-state index in [-0.39, 0.29) is 16.7 Å². The molecule has 0 bridgehead atoms. The van der Waals surface area contributed by atoms with Gasteiger partial charge in [-0.3, -0.25) is 4.79 Å². The van der Waals surface area contributed by atoms with E-state index < -0.39 is 9.84 Å². The Kier molecular flexibility index (Phi) is 4.16. The van der Waals surface area contributed by atoms with Crippen LogP contribution in [0.3, 0.4) is 0 Å². The fourth-order valence-corrected chi connectivity index (χ4v) is 3.84. The molecule has 1 amide bonds. The van der Waals surface area contributed by atoms with Crippen molar-refractivity contribution >= 4 is 32.3 Å². The Morgan fingerprint density at radius 1 is 1.08 bits per heavy atom. The molecule has 134 valence electrons. The number of rotatable bonds is 6. The number of hydrogen-bond acceptors (Lipinski definition) is 4. The van der Waals surface area contributed by atoms with E-state index in [1.54, 1.807) is 42.5 Å². The fourth-order valence-electron chi connectivity index (χ4n) is 2.75. The van der Waals surface area contributed by atoms with E-state index in [1.165, 1.54) is 0 Å². The summed E-state index contributed by atoms with van der Waals surface area (Å²) in [7, 11) is -3.41. The molecule has 6 nitrogen and oxygen atoms in total. The predicted molar refractivity (Wildman–Crippen MR) is 101 cm³/mol. The average molecular weight is 369 g/mol. The molecule has 4 rings (SSSR count). The van der Waals surface area contributed by atoms with Gasteiger partial charge in [-0.2, -0.15) is 0 Å². The second-order valence-electron chi connectivity index (χ2n) is 6.48. The lowest BCUT2D eigenvalue weighted by molar-refractivity contribution is 0.0947. The Labute approximate surface area is 151 Å². The standard InChI is InChI=1S/C19H19N3O3S/c23-19(21-14-6-7-14)18-11-13-10-15(8-9-17(13)22-18)20-12-26(24,25)16-4-2-1-3-5-16/h1-5,8-11,14,20,22H,6-7,12H2,(H,21,23). The summed E-state index contributed by atoms with van der Waals surface area (Å²) in [5.41, 5.74) is 2.04. The maximum absolute atomic E-state index is 12.3. The number of aromatic amines is 1. The molecule has 3 N–H and O–H groups in total. The van der Waals surface area contributed by atoms with E-state index in [0.29, 0.717) is 17.4 Å². The summed E-state index contributed by atoms with van der Waals surface area (Å²) in [5.74, 6) is -0.299. The summed E-state index contributed by atoms with van der Waals surface area (Å²) in [6.07, 6.45) is 2.08. The number of H-pyrrole nitrogens is 1. The van der Waals surface area contributed by atoms with E-state index in [1.807, 2.05) is 12.1 Å². The molecule has 1 aliphatic rings. The van der Waals surface area contributed by atoms with Gasteiger partial charge in [-0.1, -0.05) is 18.2 Å². The van der Waals surface area contributed by atoms with Gasteiger partial charge in [0.15, 0.2) is 9.84 Å². The molecule has 0 radical (unpaired) electrons. The first kappa shape index (κ1) is 16.7. The zero-order valence-electron chi connectivity index (χ0n) is 14.0. The van der Waals surface area contributed by atoms with Gasteiger partial charge in [-0.05, 0) is 49.2 Å². The van der Waals surface area contributed by atoms with E-state index in [2.05, 4.69) is 15.6 Å². The number of hydrogen-bond donors (Lipinski definition) is 3. The molecular weight excluding hydrogens is 350 g/mol. The largest absolute Gasteiger partial charge is 0.371 e. The summed E-state index contributed by atoms with van der Waals surface area (Å²) >= 11 is 0. The number of anilines is 1. The third-order valence-corrected chi connectivity index (χ3v) is 5.86. The van der Waals surface area contributed by atoms with Crippen LogP contribution in [0.1, 0.15) is 23.3 Å². The van der Waals surface area contributed by atoms with Gasteiger partial charge >= 0.3 is 0 Å². The summed E-state index contributed by atoms with van der Waals surface area (Å²) in [6.45, 7) is 0. The van der Waals surface area contributed by atoms with Crippen molar-refractivity contribution < 1.29 is 13.2 Å². The number of carbonyl (C=O) groups excluding carboxylic acids is 1. The van der Waals surface area contributed by atoms with Crippen LogP contribution in [0.15, 0.2) is 59.5 Å². The van der Waals surface area contributed by atoms with Crippen LogP contribution in [0.5, 0.6) is 0 Å². The highest BCUT2D eigenvalue weighted by Crippen LogP contribution is 2.23. The van der Waals surface area contributed by atoms with Gasteiger partial charge < -0.3 is 15.6 Å². The van der Waals surface area contributed by atoms with Crippen LogP contribution in [0, 0.1) is 0 Å². The molecule has 0 spiro atoms. The normalized spacial score (nSPS) is 14.3. The molecule has 1 saturated carbocycles. The predicted octanol–water partition coefficient (Wildman–Crippen LogP) is 2.90. The Morgan fingerprint density at radius 3 is 2.58 bits per heavy atom. The third-order valence-electron chi connectivity index (χ3n) is 4.35.